The predicted octanol–water partition coefficient (Wildman–Crippen LogP) is 4.18. The second-order valence-electron chi connectivity index (χ2n) is 8.10. The lowest BCUT2D eigenvalue weighted by molar-refractivity contribution is -0.129. The highest BCUT2D eigenvalue weighted by atomic mass is 16.5. The highest BCUT2D eigenvalue weighted by Crippen LogP contribution is 2.39. The molecule has 33 heavy (non-hydrogen) atoms. The molecule has 0 aliphatic carbocycles. The first-order chi connectivity index (χ1) is 15.9. The molecule has 172 valence electrons. The lowest BCUT2D eigenvalue weighted by atomic mass is 9.95. The fourth-order valence-corrected chi connectivity index (χ4v) is 3.80. The molecule has 1 atom stereocenters. The molecule has 0 radical (unpaired) electrons. The third-order valence-electron chi connectivity index (χ3n) is 5.34. The average molecular weight is 447 g/mol. The molecule has 2 aromatic rings. The van der Waals surface area contributed by atoms with Crippen LogP contribution in [0.15, 0.2) is 84.7 Å². The number of rotatable bonds is 11. The fourth-order valence-electron chi connectivity index (χ4n) is 3.80. The van der Waals surface area contributed by atoms with E-state index in [-0.39, 0.29) is 5.57 Å². The number of hydrogen-bond donors (Lipinski definition) is 1. The molecule has 0 aromatic heterocycles. The number of aliphatic hydroxyl groups is 1. The molecular formula is C27H30N2O4. The molecule has 1 heterocycles. The van der Waals surface area contributed by atoms with E-state index in [1.54, 1.807) is 29.2 Å². The van der Waals surface area contributed by atoms with Gasteiger partial charge in [-0.1, -0.05) is 61.2 Å². The summed E-state index contributed by atoms with van der Waals surface area (Å²) >= 11 is 0. The summed E-state index contributed by atoms with van der Waals surface area (Å²) in [5.41, 5.74) is 1.64. The summed E-state index contributed by atoms with van der Waals surface area (Å²) in [5.74, 6) is -0.828. The molecular weight excluding hydrogens is 416 g/mol. The summed E-state index contributed by atoms with van der Waals surface area (Å²) < 4.78 is 5.65. The Morgan fingerprint density at radius 3 is 2.64 bits per heavy atom. The van der Waals surface area contributed by atoms with Crippen LogP contribution in [0.4, 0.5) is 0 Å². The Morgan fingerprint density at radius 2 is 1.94 bits per heavy atom. The molecule has 1 N–H and O–H groups in total. The summed E-state index contributed by atoms with van der Waals surface area (Å²) in [5, 5.41) is 10.7. The van der Waals surface area contributed by atoms with Gasteiger partial charge in [0.1, 0.15) is 12.4 Å². The maximum atomic E-state index is 13.2. The lowest BCUT2D eigenvalue weighted by Gasteiger charge is -2.27. The van der Waals surface area contributed by atoms with E-state index in [4.69, 9.17) is 4.74 Å². The number of aliphatic hydroxyl groups excluding tert-OH is 1. The van der Waals surface area contributed by atoms with Gasteiger partial charge in [0.2, 0.25) is 0 Å². The summed E-state index contributed by atoms with van der Waals surface area (Å²) in [6, 6.07) is 16.0. The standard InChI is InChI=1S/C27H30N2O4/c1-4-18-33-22-13-8-12-21(19-22)25-24(23(30)15-14-20-10-6-5-7-11-20)26(31)27(32)29(25)17-9-16-28(2)3/h4-8,10-15,19,25,31H,1,9,16-18H2,2-3H3. The monoisotopic (exact) mass is 446 g/mol. The number of carbonyl (C=O) groups excluding carboxylic acids is 2. The summed E-state index contributed by atoms with van der Waals surface area (Å²) in [6.07, 6.45) is 5.44. The van der Waals surface area contributed by atoms with E-state index in [1.165, 1.54) is 6.08 Å². The van der Waals surface area contributed by atoms with E-state index >= 15 is 0 Å². The van der Waals surface area contributed by atoms with Crippen molar-refractivity contribution in [3.8, 4) is 5.75 Å². The van der Waals surface area contributed by atoms with Gasteiger partial charge >= 0.3 is 0 Å². The second-order valence-corrected chi connectivity index (χ2v) is 8.10. The molecule has 0 fully saturated rings. The van der Waals surface area contributed by atoms with Crippen LogP contribution in [0.25, 0.3) is 6.08 Å². The van der Waals surface area contributed by atoms with Gasteiger partial charge in [-0.3, -0.25) is 9.59 Å². The number of benzene rings is 2. The zero-order valence-electron chi connectivity index (χ0n) is 19.1. The Hall–Kier alpha value is -3.64. The Kier molecular flexibility index (Phi) is 8.22. The quantitative estimate of drug-likeness (QED) is 0.414. The van der Waals surface area contributed by atoms with Gasteiger partial charge in [0.05, 0.1) is 11.6 Å². The van der Waals surface area contributed by atoms with Gasteiger partial charge in [-0.05, 0) is 56.4 Å². The van der Waals surface area contributed by atoms with Gasteiger partial charge < -0.3 is 19.6 Å². The van der Waals surface area contributed by atoms with E-state index in [2.05, 4.69) is 6.58 Å². The van der Waals surface area contributed by atoms with Crippen LogP contribution in [0.1, 0.15) is 23.6 Å². The molecule has 3 rings (SSSR count). The van der Waals surface area contributed by atoms with Gasteiger partial charge in [-0.2, -0.15) is 0 Å². The zero-order valence-corrected chi connectivity index (χ0v) is 19.1. The molecule has 0 saturated carbocycles. The van der Waals surface area contributed by atoms with Crippen molar-refractivity contribution in [1.82, 2.24) is 9.80 Å². The first-order valence-corrected chi connectivity index (χ1v) is 10.9. The number of carbonyl (C=O) groups is 2. The lowest BCUT2D eigenvalue weighted by Crippen LogP contribution is -2.33. The molecule has 1 aliphatic heterocycles. The maximum absolute atomic E-state index is 13.2. The van der Waals surface area contributed by atoms with Crippen LogP contribution in [0.5, 0.6) is 5.75 Å². The number of nitrogens with zero attached hydrogens (tertiary/aromatic N) is 2. The molecule has 6 heteroatoms. The van der Waals surface area contributed by atoms with Crippen LogP contribution < -0.4 is 4.74 Å². The van der Waals surface area contributed by atoms with Crippen LogP contribution in [-0.4, -0.2) is 60.4 Å². The number of allylic oxidation sites excluding steroid dienone is 1. The highest BCUT2D eigenvalue weighted by Gasteiger charge is 2.42. The van der Waals surface area contributed by atoms with E-state index in [1.807, 2.05) is 61.5 Å². The normalized spacial score (nSPS) is 16.2. The molecule has 0 saturated heterocycles. The number of ketones is 1. The van der Waals surface area contributed by atoms with Crippen molar-refractivity contribution in [3.05, 3.63) is 95.8 Å². The number of amides is 1. The Bertz CT molecular complexity index is 1060. The molecule has 0 spiro atoms. The van der Waals surface area contributed by atoms with Crippen molar-refractivity contribution in [1.29, 1.82) is 0 Å². The summed E-state index contributed by atoms with van der Waals surface area (Å²) in [7, 11) is 3.92. The first kappa shape index (κ1) is 24.0. The molecule has 1 amide bonds. The minimum atomic E-state index is -0.695. The first-order valence-electron chi connectivity index (χ1n) is 10.9. The van der Waals surface area contributed by atoms with Gasteiger partial charge in [-0.25, -0.2) is 0 Å². The van der Waals surface area contributed by atoms with Gasteiger partial charge in [0, 0.05) is 6.54 Å². The van der Waals surface area contributed by atoms with Crippen LogP contribution >= 0.6 is 0 Å². The van der Waals surface area contributed by atoms with Crippen molar-refractivity contribution in [2.75, 3.05) is 33.8 Å². The van der Waals surface area contributed by atoms with Crippen LogP contribution in [0, 0.1) is 0 Å². The van der Waals surface area contributed by atoms with Gasteiger partial charge in [-0.15, -0.1) is 0 Å². The fraction of sp³-hybridized carbons (Fsp3) is 0.259. The molecule has 2 aromatic carbocycles. The molecule has 6 nitrogen and oxygen atoms in total. The Balaban J connectivity index is 1.96. The van der Waals surface area contributed by atoms with Crippen LogP contribution in [0.2, 0.25) is 0 Å². The number of hydrogen-bond acceptors (Lipinski definition) is 5. The van der Waals surface area contributed by atoms with Crippen molar-refractivity contribution >= 4 is 17.8 Å². The van der Waals surface area contributed by atoms with Crippen molar-refractivity contribution in [3.63, 3.8) is 0 Å². The van der Waals surface area contributed by atoms with E-state index in [0.717, 1.165) is 12.1 Å². The van der Waals surface area contributed by atoms with Crippen LogP contribution in [0.3, 0.4) is 0 Å². The third kappa shape index (κ3) is 5.99. The molecule has 1 aliphatic rings. The Labute approximate surface area is 195 Å². The van der Waals surface area contributed by atoms with Gasteiger partial charge in [0.15, 0.2) is 11.5 Å². The average Bonchev–Trinajstić information content (AvgIpc) is 3.07. The third-order valence-corrected chi connectivity index (χ3v) is 5.34. The Morgan fingerprint density at radius 1 is 1.18 bits per heavy atom. The molecule has 1 unspecified atom stereocenters. The smallest absolute Gasteiger partial charge is 0.290 e. The van der Waals surface area contributed by atoms with Crippen molar-refractivity contribution in [2.45, 2.75) is 12.5 Å². The SMILES string of the molecule is C=CCOc1cccc(C2C(C(=O)C=Cc3ccccc3)=C(O)C(=O)N2CCCN(C)C)c1. The van der Waals surface area contributed by atoms with Gasteiger partial charge in [0.25, 0.3) is 5.91 Å². The topological polar surface area (TPSA) is 70.1 Å². The molecule has 0 bridgehead atoms. The van der Waals surface area contributed by atoms with E-state index in [0.29, 0.717) is 30.9 Å². The second kappa shape index (κ2) is 11.3. The number of ether oxygens (including phenoxy) is 1. The predicted molar refractivity (Wildman–Crippen MR) is 130 cm³/mol. The zero-order chi connectivity index (χ0) is 23.8. The van der Waals surface area contributed by atoms with E-state index < -0.39 is 23.5 Å². The minimum absolute atomic E-state index is 0.0814. The largest absolute Gasteiger partial charge is 0.503 e. The maximum Gasteiger partial charge on any atom is 0.290 e. The van der Waals surface area contributed by atoms with E-state index in [9.17, 15) is 14.7 Å². The highest BCUT2D eigenvalue weighted by molar-refractivity contribution is 6.14. The summed E-state index contributed by atoms with van der Waals surface area (Å²) in [4.78, 5) is 29.8. The van der Waals surface area contributed by atoms with Crippen molar-refractivity contribution < 1.29 is 19.4 Å². The van der Waals surface area contributed by atoms with Crippen LogP contribution in [-0.2, 0) is 9.59 Å². The minimum Gasteiger partial charge on any atom is -0.503 e. The summed E-state index contributed by atoms with van der Waals surface area (Å²) in [6.45, 7) is 5.18. The van der Waals surface area contributed by atoms with Crippen molar-refractivity contribution in [2.24, 2.45) is 0 Å².